The lowest BCUT2D eigenvalue weighted by Gasteiger charge is -2.19. The first-order valence-corrected chi connectivity index (χ1v) is 5.79. The monoisotopic (exact) mass is 245 g/mol. The van der Waals surface area contributed by atoms with Crippen molar-refractivity contribution in [3.05, 3.63) is 59.7 Å². The summed E-state index contributed by atoms with van der Waals surface area (Å²) >= 11 is 0. The molecule has 3 nitrogen and oxygen atoms in total. The Labute approximate surface area is 106 Å². The first-order valence-electron chi connectivity index (χ1n) is 5.79. The average molecular weight is 245 g/mol. The van der Waals surface area contributed by atoms with E-state index in [1.807, 2.05) is 36.2 Å². The topological polar surface area (TPSA) is 42.2 Å². The van der Waals surface area contributed by atoms with E-state index in [-0.39, 0.29) is 5.82 Å². The van der Waals surface area contributed by atoms with E-state index in [1.165, 1.54) is 12.1 Å². The largest absolute Gasteiger partial charge is 0.369 e. The van der Waals surface area contributed by atoms with E-state index >= 15 is 0 Å². The first-order chi connectivity index (χ1) is 8.69. The minimum absolute atomic E-state index is 0.263. The van der Waals surface area contributed by atoms with Crippen LogP contribution in [0.15, 0.2) is 42.6 Å². The molecule has 0 radical (unpaired) electrons. The summed E-state index contributed by atoms with van der Waals surface area (Å²) in [6.45, 7) is 0.969. The molecule has 2 aromatic rings. The molecule has 2 N–H and O–H groups in total. The van der Waals surface area contributed by atoms with Crippen molar-refractivity contribution in [2.75, 3.05) is 11.9 Å². The van der Waals surface area contributed by atoms with E-state index in [0.717, 1.165) is 16.9 Å². The zero-order valence-corrected chi connectivity index (χ0v) is 10.3. The minimum Gasteiger partial charge on any atom is -0.369 e. The maximum absolute atomic E-state index is 13.4. The van der Waals surface area contributed by atoms with E-state index in [0.29, 0.717) is 13.1 Å². The van der Waals surface area contributed by atoms with Crippen LogP contribution in [-0.4, -0.2) is 12.0 Å². The number of aromatic nitrogens is 1. The second-order valence-corrected chi connectivity index (χ2v) is 4.20. The van der Waals surface area contributed by atoms with Crippen LogP contribution in [0.5, 0.6) is 0 Å². The van der Waals surface area contributed by atoms with Gasteiger partial charge >= 0.3 is 0 Å². The molecule has 0 aliphatic rings. The smallest absolute Gasteiger partial charge is 0.125 e. The predicted octanol–water partition coefficient (Wildman–Crippen LogP) is 2.32. The molecule has 0 amide bonds. The van der Waals surface area contributed by atoms with Gasteiger partial charge in [-0.3, -0.25) is 4.98 Å². The first kappa shape index (κ1) is 12.5. The van der Waals surface area contributed by atoms with Gasteiger partial charge in [-0.25, -0.2) is 4.39 Å². The Morgan fingerprint density at radius 2 is 2.11 bits per heavy atom. The summed E-state index contributed by atoms with van der Waals surface area (Å²) in [5, 5.41) is 0. The Balaban J connectivity index is 2.18. The number of hydrogen-bond donors (Lipinski definition) is 1. The zero-order chi connectivity index (χ0) is 13.0. The highest BCUT2D eigenvalue weighted by atomic mass is 19.1. The van der Waals surface area contributed by atoms with Gasteiger partial charge in [0.2, 0.25) is 0 Å². The quantitative estimate of drug-likeness (QED) is 0.898. The van der Waals surface area contributed by atoms with Gasteiger partial charge < -0.3 is 10.6 Å². The van der Waals surface area contributed by atoms with Crippen molar-refractivity contribution in [2.24, 2.45) is 5.73 Å². The van der Waals surface area contributed by atoms with Crippen LogP contribution in [0.3, 0.4) is 0 Å². The molecule has 0 aliphatic carbocycles. The number of halogens is 1. The van der Waals surface area contributed by atoms with Crippen LogP contribution < -0.4 is 10.6 Å². The fourth-order valence-corrected chi connectivity index (χ4v) is 1.80. The second kappa shape index (κ2) is 5.60. The molecule has 1 aromatic heterocycles. The van der Waals surface area contributed by atoms with Crippen LogP contribution in [0.25, 0.3) is 0 Å². The van der Waals surface area contributed by atoms with Crippen LogP contribution >= 0.6 is 0 Å². The number of pyridine rings is 1. The number of benzene rings is 1. The van der Waals surface area contributed by atoms with Crippen LogP contribution in [0.2, 0.25) is 0 Å². The minimum atomic E-state index is -0.263. The fourth-order valence-electron chi connectivity index (χ4n) is 1.80. The molecule has 94 valence electrons. The van der Waals surface area contributed by atoms with Crippen LogP contribution in [0.4, 0.5) is 10.1 Å². The Morgan fingerprint density at radius 1 is 1.28 bits per heavy atom. The molecule has 2 rings (SSSR count). The Bertz CT molecular complexity index is 514. The van der Waals surface area contributed by atoms with Gasteiger partial charge in [0.15, 0.2) is 0 Å². The van der Waals surface area contributed by atoms with Gasteiger partial charge in [0.1, 0.15) is 5.82 Å². The van der Waals surface area contributed by atoms with Gasteiger partial charge in [-0.1, -0.05) is 6.07 Å². The third-order valence-electron chi connectivity index (χ3n) is 2.74. The molecule has 0 fully saturated rings. The number of nitrogens with zero attached hydrogens (tertiary/aromatic N) is 2. The molecule has 18 heavy (non-hydrogen) atoms. The van der Waals surface area contributed by atoms with E-state index < -0.39 is 0 Å². The molecule has 1 aromatic carbocycles. The Morgan fingerprint density at radius 3 is 2.78 bits per heavy atom. The number of hydrogen-bond acceptors (Lipinski definition) is 3. The Kier molecular flexibility index (Phi) is 3.89. The van der Waals surface area contributed by atoms with Crippen molar-refractivity contribution >= 4 is 5.69 Å². The lowest BCUT2D eigenvalue weighted by atomic mass is 10.2. The highest BCUT2D eigenvalue weighted by Gasteiger charge is 2.06. The molecule has 0 spiro atoms. The van der Waals surface area contributed by atoms with Crippen molar-refractivity contribution in [1.29, 1.82) is 0 Å². The van der Waals surface area contributed by atoms with Gasteiger partial charge in [-0.05, 0) is 35.9 Å². The molecule has 1 heterocycles. The molecule has 0 unspecified atom stereocenters. The van der Waals surface area contributed by atoms with Crippen molar-refractivity contribution in [3.8, 4) is 0 Å². The number of nitrogens with two attached hydrogens (primary N) is 1. The summed E-state index contributed by atoms with van der Waals surface area (Å²) < 4.78 is 13.4. The molecule has 0 saturated carbocycles. The van der Waals surface area contributed by atoms with Gasteiger partial charge in [-0.15, -0.1) is 0 Å². The molecule has 0 saturated heterocycles. The van der Waals surface area contributed by atoms with E-state index in [2.05, 4.69) is 4.98 Å². The molecular weight excluding hydrogens is 229 g/mol. The van der Waals surface area contributed by atoms with Gasteiger partial charge in [-0.2, -0.15) is 0 Å². The summed E-state index contributed by atoms with van der Waals surface area (Å²) in [5.74, 6) is -0.263. The Hall–Kier alpha value is -1.94. The van der Waals surface area contributed by atoms with Gasteiger partial charge in [0.05, 0.1) is 12.2 Å². The summed E-state index contributed by atoms with van der Waals surface area (Å²) in [6.07, 6.45) is 1.75. The summed E-state index contributed by atoms with van der Waals surface area (Å²) in [4.78, 5) is 6.20. The van der Waals surface area contributed by atoms with E-state index in [9.17, 15) is 4.39 Å². The molecule has 0 atom stereocenters. The number of anilines is 1. The third kappa shape index (κ3) is 3.05. The normalized spacial score (nSPS) is 10.4. The van der Waals surface area contributed by atoms with Gasteiger partial charge in [0.25, 0.3) is 0 Å². The maximum atomic E-state index is 13.4. The van der Waals surface area contributed by atoms with Crippen LogP contribution in [0.1, 0.15) is 11.3 Å². The van der Waals surface area contributed by atoms with Crippen molar-refractivity contribution < 1.29 is 4.39 Å². The summed E-state index contributed by atoms with van der Waals surface area (Å²) in [6, 6.07) is 10.6. The standard InChI is InChI=1S/C14H16FN3/c1-18(10-13-4-2-3-5-17-13)14-7-11(9-16)6-12(15)8-14/h2-8H,9-10,16H2,1H3. The molecule has 0 aliphatic heterocycles. The molecule has 0 bridgehead atoms. The van der Waals surface area contributed by atoms with Crippen molar-refractivity contribution in [3.63, 3.8) is 0 Å². The third-order valence-corrected chi connectivity index (χ3v) is 2.74. The van der Waals surface area contributed by atoms with Crippen LogP contribution in [-0.2, 0) is 13.1 Å². The average Bonchev–Trinajstić information content (AvgIpc) is 2.39. The SMILES string of the molecule is CN(Cc1ccccn1)c1cc(F)cc(CN)c1. The van der Waals surface area contributed by atoms with Gasteiger partial charge in [0, 0.05) is 25.5 Å². The van der Waals surface area contributed by atoms with E-state index in [4.69, 9.17) is 5.73 Å². The lowest BCUT2D eigenvalue weighted by molar-refractivity contribution is 0.624. The van der Waals surface area contributed by atoms with Crippen LogP contribution in [0, 0.1) is 5.82 Å². The fraction of sp³-hybridized carbons (Fsp3) is 0.214. The molecular formula is C14H16FN3. The highest BCUT2D eigenvalue weighted by molar-refractivity contribution is 5.48. The zero-order valence-electron chi connectivity index (χ0n) is 10.3. The molecule has 4 heteroatoms. The lowest BCUT2D eigenvalue weighted by Crippen LogP contribution is -2.17. The maximum Gasteiger partial charge on any atom is 0.125 e. The van der Waals surface area contributed by atoms with E-state index in [1.54, 1.807) is 6.20 Å². The highest BCUT2D eigenvalue weighted by Crippen LogP contribution is 2.18. The summed E-state index contributed by atoms with van der Waals surface area (Å²) in [7, 11) is 1.91. The van der Waals surface area contributed by atoms with Crippen molar-refractivity contribution in [2.45, 2.75) is 13.1 Å². The predicted molar refractivity (Wildman–Crippen MR) is 70.6 cm³/mol. The second-order valence-electron chi connectivity index (χ2n) is 4.20. The van der Waals surface area contributed by atoms with Crippen molar-refractivity contribution in [1.82, 2.24) is 4.98 Å². The summed E-state index contributed by atoms with van der Waals surface area (Å²) in [5.41, 5.74) is 8.08. The number of rotatable bonds is 4.